The molecule has 3 heterocycles. The largest absolute Gasteiger partial charge is 0.390 e. The molecular formula is C25H27BrN4O. The lowest BCUT2D eigenvalue weighted by Gasteiger charge is -2.41. The monoisotopic (exact) mass is 478 g/mol. The summed E-state index contributed by atoms with van der Waals surface area (Å²) in [5, 5.41) is 13.3. The molecule has 6 heteroatoms. The van der Waals surface area contributed by atoms with E-state index in [4.69, 9.17) is 0 Å². The third kappa shape index (κ3) is 4.01. The molecule has 2 unspecified atom stereocenters. The van der Waals surface area contributed by atoms with Crippen molar-refractivity contribution in [3.05, 3.63) is 77.0 Å². The van der Waals surface area contributed by atoms with Gasteiger partial charge in [0.1, 0.15) is 6.17 Å². The third-order valence-electron chi connectivity index (χ3n) is 6.26. The maximum Gasteiger partial charge on any atom is 0.113 e. The predicted octanol–water partition coefficient (Wildman–Crippen LogP) is 4.65. The van der Waals surface area contributed by atoms with E-state index in [1.54, 1.807) is 0 Å². The lowest BCUT2D eigenvalue weighted by atomic mass is 10.2. The van der Waals surface area contributed by atoms with Gasteiger partial charge < -0.3 is 9.67 Å². The molecule has 5 nitrogen and oxygen atoms in total. The van der Waals surface area contributed by atoms with Crippen LogP contribution in [-0.2, 0) is 6.54 Å². The fourth-order valence-electron chi connectivity index (χ4n) is 4.85. The van der Waals surface area contributed by atoms with Crippen LogP contribution in [0.3, 0.4) is 0 Å². The van der Waals surface area contributed by atoms with Crippen molar-refractivity contribution in [2.24, 2.45) is 0 Å². The molecule has 2 aromatic carbocycles. The van der Waals surface area contributed by atoms with Gasteiger partial charge in [0.2, 0.25) is 0 Å². The van der Waals surface area contributed by atoms with Crippen LogP contribution in [0.5, 0.6) is 0 Å². The van der Waals surface area contributed by atoms with Gasteiger partial charge >= 0.3 is 0 Å². The van der Waals surface area contributed by atoms with E-state index in [2.05, 4.69) is 83.8 Å². The molecule has 2 aromatic heterocycles. The Morgan fingerprint density at radius 2 is 1.68 bits per heavy atom. The first-order valence-corrected chi connectivity index (χ1v) is 11.6. The SMILES string of the molecule is CC(O)C(N1CCN(Cc2ccccn2)CC1)n1c2ccccc2c2cc(Br)ccc21. The lowest BCUT2D eigenvalue weighted by molar-refractivity contribution is -0.00698. The summed E-state index contributed by atoms with van der Waals surface area (Å²) in [6.45, 7) is 6.52. The number of rotatable bonds is 5. The Kier molecular flexibility index (Phi) is 5.80. The number of aliphatic hydroxyl groups is 1. The van der Waals surface area contributed by atoms with Crippen molar-refractivity contribution >= 4 is 37.7 Å². The van der Waals surface area contributed by atoms with Gasteiger partial charge in [-0.25, -0.2) is 0 Å². The third-order valence-corrected chi connectivity index (χ3v) is 6.75. The Hall–Kier alpha value is -2.25. The summed E-state index contributed by atoms with van der Waals surface area (Å²) in [5.41, 5.74) is 3.43. The molecule has 4 aromatic rings. The van der Waals surface area contributed by atoms with Gasteiger partial charge in [-0.05, 0) is 43.3 Å². The van der Waals surface area contributed by atoms with Gasteiger partial charge in [-0.2, -0.15) is 0 Å². The number of benzene rings is 2. The topological polar surface area (TPSA) is 44.5 Å². The van der Waals surface area contributed by atoms with Crippen LogP contribution in [0.15, 0.2) is 71.3 Å². The maximum atomic E-state index is 10.9. The Balaban J connectivity index is 1.46. The second-order valence-electron chi connectivity index (χ2n) is 8.34. The highest BCUT2D eigenvalue weighted by Crippen LogP contribution is 2.36. The van der Waals surface area contributed by atoms with Crippen molar-refractivity contribution in [2.75, 3.05) is 26.2 Å². The van der Waals surface area contributed by atoms with Crippen LogP contribution in [-0.4, -0.2) is 56.7 Å². The maximum absolute atomic E-state index is 10.9. The summed E-state index contributed by atoms with van der Waals surface area (Å²) in [6.07, 6.45) is 1.25. The Bertz CT molecular complexity index is 1180. The zero-order valence-electron chi connectivity index (χ0n) is 17.7. The van der Waals surface area contributed by atoms with Crippen LogP contribution in [0.2, 0.25) is 0 Å². The first kappa shape index (κ1) is 20.6. The van der Waals surface area contributed by atoms with Gasteiger partial charge in [-0.15, -0.1) is 0 Å². The van der Waals surface area contributed by atoms with E-state index in [-0.39, 0.29) is 6.17 Å². The standard InChI is InChI=1S/C25H27BrN4O/c1-18(31)25(29-14-12-28(13-15-29)17-20-6-4-5-11-27-20)30-23-8-3-2-7-21(23)22-16-19(26)9-10-24(22)30/h2-11,16,18,25,31H,12-15,17H2,1H3. The summed E-state index contributed by atoms with van der Waals surface area (Å²) in [5.74, 6) is 0. The Morgan fingerprint density at radius 1 is 0.935 bits per heavy atom. The molecule has 0 radical (unpaired) electrons. The number of piperazine rings is 1. The van der Waals surface area contributed by atoms with E-state index in [0.717, 1.165) is 53.9 Å². The highest BCUT2D eigenvalue weighted by molar-refractivity contribution is 9.10. The van der Waals surface area contributed by atoms with E-state index in [1.165, 1.54) is 10.8 Å². The molecule has 1 aliphatic rings. The number of hydrogen-bond donors (Lipinski definition) is 1. The average Bonchev–Trinajstić information content (AvgIpc) is 3.09. The average molecular weight is 479 g/mol. The second-order valence-corrected chi connectivity index (χ2v) is 9.25. The smallest absolute Gasteiger partial charge is 0.113 e. The molecule has 5 rings (SSSR count). The molecule has 0 aliphatic carbocycles. The van der Waals surface area contributed by atoms with Gasteiger partial charge in [0, 0.05) is 54.2 Å². The van der Waals surface area contributed by atoms with Gasteiger partial charge in [-0.3, -0.25) is 14.8 Å². The number of para-hydroxylation sites is 1. The van der Waals surface area contributed by atoms with Crippen LogP contribution in [0.1, 0.15) is 18.8 Å². The molecule has 1 fully saturated rings. The summed E-state index contributed by atoms with van der Waals surface area (Å²) in [6, 6.07) is 21.0. The fraction of sp³-hybridized carbons (Fsp3) is 0.320. The molecule has 1 aliphatic heterocycles. The number of aromatic nitrogens is 2. The van der Waals surface area contributed by atoms with Crippen molar-refractivity contribution in [1.29, 1.82) is 0 Å². The van der Waals surface area contributed by atoms with Gasteiger partial charge in [0.05, 0.1) is 22.8 Å². The molecule has 0 bridgehead atoms. The fourth-order valence-corrected chi connectivity index (χ4v) is 5.21. The minimum Gasteiger partial charge on any atom is -0.390 e. The molecular weight excluding hydrogens is 452 g/mol. The molecule has 0 spiro atoms. The molecule has 1 N–H and O–H groups in total. The molecule has 31 heavy (non-hydrogen) atoms. The second kappa shape index (κ2) is 8.71. The van der Waals surface area contributed by atoms with E-state index >= 15 is 0 Å². The van der Waals surface area contributed by atoms with Crippen LogP contribution in [0.4, 0.5) is 0 Å². The number of nitrogens with zero attached hydrogens (tertiary/aromatic N) is 4. The molecule has 1 saturated heterocycles. The lowest BCUT2D eigenvalue weighted by Crippen LogP contribution is -2.50. The van der Waals surface area contributed by atoms with E-state index in [0.29, 0.717) is 0 Å². The summed E-state index contributed by atoms with van der Waals surface area (Å²) in [4.78, 5) is 9.34. The van der Waals surface area contributed by atoms with Crippen molar-refractivity contribution in [1.82, 2.24) is 19.4 Å². The minimum absolute atomic E-state index is 0.111. The van der Waals surface area contributed by atoms with Gasteiger partial charge in [0.15, 0.2) is 0 Å². The number of hydrogen-bond acceptors (Lipinski definition) is 4. The number of halogens is 1. The zero-order chi connectivity index (χ0) is 21.4. The zero-order valence-corrected chi connectivity index (χ0v) is 19.2. The van der Waals surface area contributed by atoms with Crippen LogP contribution in [0, 0.1) is 0 Å². The minimum atomic E-state index is -0.495. The van der Waals surface area contributed by atoms with Crippen molar-refractivity contribution in [3.8, 4) is 0 Å². The van der Waals surface area contributed by atoms with Crippen molar-refractivity contribution in [2.45, 2.75) is 25.7 Å². The van der Waals surface area contributed by atoms with Gasteiger partial charge in [0.25, 0.3) is 0 Å². The predicted molar refractivity (Wildman–Crippen MR) is 129 cm³/mol. The molecule has 0 saturated carbocycles. The molecule has 2 atom stereocenters. The normalized spacial score (nSPS) is 17.9. The first-order valence-electron chi connectivity index (χ1n) is 10.8. The number of pyridine rings is 1. The summed E-state index contributed by atoms with van der Waals surface area (Å²) >= 11 is 3.62. The highest BCUT2D eigenvalue weighted by Gasteiger charge is 2.30. The highest BCUT2D eigenvalue weighted by atomic mass is 79.9. The number of aliphatic hydroxyl groups excluding tert-OH is 1. The first-order chi connectivity index (χ1) is 15.1. The van der Waals surface area contributed by atoms with Crippen molar-refractivity contribution < 1.29 is 5.11 Å². The molecule has 0 amide bonds. The Morgan fingerprint density at radius 3 is 2.42 bits per heavy atom. The van der Waals surface area contributed by atoms with Crippen LogP contribution < -0.4 is 0 Å². The van der Waals surface area contributed by atoms with Crippen LogP contribution >= 0.6 is 15.9 Å². The summed E-state index contributed by atoms with van der Waals surface area (Å²) in [7, 11) is 0. The van der Waals surface area contributed by atoms with Crippen LogP contribution in [0.25, 0.3) is 21.8 Å². The molecule has 160 valence electrons. The van der Waals surface area contributed by atoms with Gasteiger partial charge in [-0.1, -0.05) is 40.2 Å². The van der Waals surface area contributed by atoms with E-state index < -0.39 is 6.10 Å². The van der Waals surface area contributed by atoms with E-state index in [1.807, 2.05) is 25.3 Å². The van der Waals surface area contributed by atoms with E-state index in [9.17, 15) is 5.11 Å². The number of fused-ring (bicyclic) bond motifs is 3. The summed E-state index contributed by atoms with van der Waals surface area (Å²) < 4.78 is 3.40. The quantitative estimate of drug-likeness (QED) is 0.453. The Labute approximate surface area is 191 Å². The van der Waals surface area contributed by atoms with Crippen molar-refractivity contribution in [3.63, 3.8) is 0 Å².